The number of hydrogen-bond acceptors (Lipinski definition) is 4. The number of halogens is 1. The molecule has 0 spiro atoms. The number of amides is 1. The fraction of sp³-hybridized carbons (Fsp3) is 0.235. The summed E-state index contributed by atoms with van der Waals surface area (Å²) in [5.41, 5.74) is 4.09. The van der Waals surface area contributed by atoms with Gasteiger partial charge in [-0.2, -0.15) is 5.26 Å². The van der Waals surface area contributed by atoms with Crippen molar-refractivity contribution >= 4 is 39.3 Å². The zero-order valence-electron chi connectivity index (χ0n) is 13.1. The van der Waals surface area contributed by atoms with Crippen molar-refractivity contribution in [1.29, 1.82) is 5.26 Å². The summed E-state index contributed by atoms with van der Waals surface area (Å²) in [7, 11) is 0. The van der Waals surface area contributed by atoms with E-state index in [0.717, 1.165) is 27.0 Å². The fourth-order valence-electron chi connectivity index (χ4n) is 2.08. The third-order valence-electron chi connectivity index (χ3n) is 3.16. The van der Waals surface area contributed by atoms with Gasteiger partial charge in [-0.15, -0.1) is 0 Å². The highest BCUT2D eigenvalue weighted by Gasteiger charge is 2.12. The van der Waals surface area contributed by atoms with E-state index in [4.69, 9.17) is 0 Å². The van der Waals surface area contributed by atoms with Crippen LogP contribution in [0.25, 0.3) is 0 Å². The predicted molar refractivity (Wildman–Crippen MR) is 96.7 cm³/mol. The number of carbonyl (C=O) groups is 1. The van der Waals surface area contributed by atoms with Gasteiger partial charge in [-0.3, -0.25) is 4.79 Å². The van der Waals surface area contributed by atoms with E-state index in [1.165, 1.54) is 11.8 Å². The first-order valence-electron chi connectivity index (χ1n) is 6.98. The number of nitrogens with zero attached hydrogens (tertiary/aromatic N) is 2. The number of carbonyl (C=O) groups excluding carboxylic acids is 1. The predicted octanol–water partition coefficient (Wildman–Crippen LogP) is 4.37. The lowest BCUT2D eigenvalue weighted by atomic mass is 10.1. The molecule has 0 aliphatic carbocycles. The Morgan fingerprint density at radius 3 is 2.74 bits per heavy atom. The Labute approximate surface area is 148 Å². The van der Waals surface area contributed by atoms with Crippen molar-refractivity contribution in [2.75, 3.05) is 11.1 Å². The molecule has 4 nitrogen and oxygen atoms in total. The minimum atomic E-state index is -0.135. The minimum absolute atomic E-state index is 0.135. The molecule has 23 heavy (non-hydrogen) atoms. The maximum atomic E-state index is 12.1. The van der Waals surface area contributed by atoms with E-state index in [1.54, 1.807) is 0 Å². The number of thioether (sulfide) groups is 1. The van der Waals surface area contributed by atoms with Crippen LogP contribution in [0.4, 0.5) is 5.69 Å². The molecule has 1 aromatic heterocycles. The van der Waals surface area contributed by atoms with E-state index >= 15 is 0 Å². The van der Waals surface area contributed by atoms with Gasteiger partial charge in [-0.25, -0.2) is 4.98 Å². The molecule has 2 rings (SSSR count). The van der Waals surface area contributed by atoms with Crippen molar-refractivity contribution in [2.24, 2.45) is 0 Å². The maximum absolute atomic E-state index is 12.1. The highest BCUT2D eigenvalue weighted by molar-refractivity contribution is 9.10. The summed E-state index contributed by atoms with van der Waals surface area (Å²) in [6.07, 6.45) is 0. The highest BCUT2D eigenvalue weighted by atomic mass is 79.9. The van der Waals surface area contributed by atoms with Crippen molar-refractivity contribution in [1.82, 2.24) is 4.98 Å². The largest absolute Gasteiger partial charge is 0.324 e. The van der Waals surface area contributed by atoms with Crippen molar-refractivity contribution < 1.29 is 4.79 Å². The fourth-order valence-corrected chi connectivity index (χ4v) is 3.58. The first kappa shape index (κ1) is 17.5. The van der Waals surface area contributed by atoms with Gasteiger partial charge in [0.25, 0.3) is 0 Å². The Bertz CT molecular complexity index is 799. The molecule has 2 aromatic rings. The average molecular weight is 390 g/mol. The van der Waals surface area contributed by atoms with Gasteiger partial charge < -0.3 is 5.32 Å². The van der Waals surface area contributed by atoms with Gasteiger partial charge in [0.1, 0.15) is 11.1 Å². The summed E-state index contributed by atoms with van der Waals surface area (Å²) in [5, 5.41) is 12.7. The van der Waals surface area contributed by atoms with Crippen LogP contribution in [0.3, 0.4) is 0 Å². The topological polar surface area (TPSA) is 65.8 Å². The monoisotopic (exact) mass is 389 g/mol. The quantitative estimate of drug-likeness (QED) is 0.788. The number of aromatic nitrogens is 1. The third-order valence-corrected chi connectivity index (χ3v) is 4.79. The SMILES string of the molecule is Cc1ccc(NC(=O)CSc2nc(C)cc(C)c2C#N)c(Br)c1. The van der Waals surface area contributed by atoms with Crippen molar-refractivity contribution in [3.8, 4) is 6.07 Å². The van der Waals surface area contributed by atoms with Crippen LogP contribution in [0.2, 0.25) is 0 Å². The number of benzene rings is 1. The summed E-state index contributed by atoms with van der Waals surface area (Å²) in [6, 6.07) is 9.77. The lowest BCUT2D eigenvalue weighted by molar-refractivity contribution is -0.113. The molecular weight excluding hydrogens is 374 g/mol. The number of nitrogens with one attached hydrogen (secondary N) is 1. The second-order valence-electron chi connectivity index (χ2n) is 5.19. The van der Waals surface area contributed by atoms with Crippen LogP contribution in [0.5, 0.6) is 0 Å². The molecule has 1 aromatic carbocycles. The zero-order chi connectivity index (χ0) is 17.0. The summed E-state index contributed by atoms with van der Waals surface area (Å²) >= 11 is 4.71. The van der Waals surface area contributed by atoms with Crippen molar-refractivity contribution in [3.63, 3.8) is 0 Å². The molecule has 6 heteroatoms. The highest BCUT2D eigenvalue weighted by Crippen LogP contribution is 2.26. The van der Waals surface area contributed by atoms with Gasteiger partial charge in [0.2, 0.25) is 5.91 Å². The van der Waals surface area contributed by atoms with Crippen LogP contribution in [-0.4, -0.2) is 16.6 Å². The van der Waals surface area contributed by atoms with Gasteiger partial charge >= 0.3 is 0 Å². The number of pyridine rings is 1. The summed E-state index contributed by atoms with van der Waals surface area (Å²) in [6.45, 7) is 5.74. The summed E-state index contributed by atoms with van der Waals surface area (Å²) in [5.74, 6) is 0.0645. The minimum Gasteiger partial charge on any atom is -0.324 e. The van der Waals surface area contributed by atoms with Crippen molar-refractivity contribution in [3.05, 3.63) is 51.1 Å². The van der Waals surface area contributed by atoms with Gasteiger partial charge in [-0.05, 0) is 66.0 Å². The van der Waals surface area contributed by atoms with Crippen LogP contribution < -0.4 is 5.32 Å². The smallest absolute Gasteiger partial charge is 0.234 e. The standard InChI is InChI=1S/C17H16BrN3OS/c1-10-4-5-15(14(18)6-10)21-16(22)9-23-17-13(8-19)11(2)7-12(3)20-17/h4-7H,9H2,1-3H3,(H,21,22). The van der Waals surface area contributed by atoms with Gasteiger partial charge in [0.15, 0.2) is 0 Å². The molecule has 1 heterocycles. The van der Waals surface area contributed by atoms with Gasteiger partial charge in [0.05, 0.1) is 17.0 Å². The molecule has 1 amide bonds. The Balaban J connectivity index is 2.07. The van der Waals surface area contributed by atoms with Crippen LogP contribution in [0.15, 0.2) is 33.8 Å². The molecule has 118 valence electrons. The average Bonchev–Trinajstić information content (AvgIpc) is 2.47. The molecule has 0 unspecified atom stereocenters. The Kier molecular flexibility index (Phi) is 5.80. The number of anilines is 1. The van der Waals surface area contributed by atoms with E-state index in [9.17, 15) is 10.1 Å². The van der Waals surface area contributed by atoms with Crippen molar-refractivity contribution in [2.45, 2.75) is 25.8 Å². The first-order valence-corrected chi connectivity index (χ1v) is 8.75. The lowest BCUT2D eigenvalue weighted by Crippen LogP contribution is -2.14. The zero-order valence-corrected chi connectivity index (χ0v) is 15.5. The van der Waals surface area contributed by atoms with E-state index in [-0.39, 0.29) is 11.7 Å². The van der Waals surface area contributed by atoms with Crippen LogP contribution in [-0.2, 0) is 4.79 Å². The van der Waals surface area contributed by atoms with Crippen LogP contribution in [0.1, 0.15) is 22.4 Å². The van der Waals surface area contributed by atoms with E-state index in [1.807, 2.05) is 45.0 Å². The number of nitriles is 1. The third kappa shape index (κ3) is 4.57. The molecule has 0 fully saturated rings. The number of hydrogen-bond donors (Lipinski definition) is 1. The Morgan fingerprint density at radius 1 is 1.35 bits per heavy atom. The summed E-state index contributed by atoms with van der Waals surface area (Å²) < 4.78 is 0.845. The number of aryl methyl sites for hydroxylation is 3. The normalized spacial score (nSPS) is 10.2. The van der Waals surface area contributed by atoms with Crippen LogP contribution >= 0.6 is 27.7 Å². The van der Waals surface area contributed by atoms with E-state index < -0.39 is 0 Å². The summed E-state index contributed by atoms with van der Waals surface area (Å²) in [4.78, 5) is 16.5. The molecule has 0 aliphatic heterocycles. The van der Waals surface area contributed by atoms with Gasteiger partial charge in [0, 0.05) is 10.2 Å². The molecule has 1 N–H and O–H groups in total. The molecule has 0 bridgehead atoms. The maximum Gasteiger partial charge on any atom is 0.234 e. The van der Waals surface area contributed by atoms with E-state index in [2.05, 4.69) is 32.3 Å². The first-order chi connectivity index (χ1) is 10.9. The number of rotatable bonds is 4. The molecule has 0 atom stereocenters. The molecule has 0 radical (unpaired) electrons. The molecule has 0 saturated carbocycles. The molecule has 0 aliphatic rings. The van der Waals surface area contributed by atoms with Gasteiger partial charge in [-0.1, -0.05) is 17.8 Å². The Hall–Kier alpha value is -1.84. The van der Waals surface area contributed by atoms with E-state index in [0.29, 0.717) is 10.6 Å². The second kappa shape index (κ2) is 7.62. The lowest BCUT2D eigenvalue weighted by Gasteiger charge is -2.09. The molecular formula is C17H16BrN3OS. The Morgan fingerprint density at radius 2 is 2.09 bits per heavy atom. The second-order valence-corrected chi connectivity index (χ2v) is 7.01. The molecule has 0 saturated heterocycles. The van der Waals surface area contributed by atoms with Crippen LogP contribution in [0, 0.1) is 32.1 Å².